The molecule has 0 aliphatic rings. The van der Waals surface area contributed by atoms with Gasteiger partial charge in [0.15, 0.2) is 0 Å². The van der Waals surface area contributed by atoms with Crippen LogP contribution in [0.3, 0.4) is 0 Å². The molecule has 4 rings (SSSR count). The number of phenolic OH excluding ortho intramolecular Hbond substituents is 2. The van der Waals surface area contributed by atoms with Gasteiger partial charge in [0.25, 0.3) is 0 Å². The highest BCUT2D eigenvalue weighted by Gasteiger charge is 2.33. The number of aromatic hydroxyl groups is 2. The average molecular weight is 655 g/mol. The summed E-state index contributed by atoms with van der Waals surface area (Å²) in [5.74, 6) is -1.06. The van der Waals surface area contributed by atoms with Gasteiger partial charge in [0.1, 0.15) is 31.3 Å². The smallest absolute Gasteiger partial charge is 0.338 e. The number of carbonyl (C=O) groups is 3. The van der Waals surface area contributed by atoms with Gasteiger partial charge in [-0.05, 0) is 104 Å². The fourth-order valence-corrected chi connectivity index (χ4v) is 5.16. The third-order valence-corrected chi connectivity index (χ3v) is 7.87. The summed E-state index contributed by atoms with van der Waals surface area (Å²) in [6.45, 7) is 4.30. The molecule has 0 heterocycles. The lowest BCUT2D eigenvalue weighted by Crippen LogP contribution is -2.30. The highest BCUT2D eigenvalue weighted by atomic mass is 16.6. The van der Waals surface area contributed by atoms with Crippen molar-refractivity contribution in [3.8, 4) is 11.5 Å². The van der Waals surface area contributed by atoms with Crippen molar-refractivity contribution in [3.05, 3.63) is 131 Å². The Balaban J connectivity index is 1.23. The van der Waals surface area contributed by atoms with Crippen LogP contribution in [0.4, 0.5) is 0 Å². The molecule has 0 aromatic heterocycles. The van der Waals surface area contributed by atoms with Crippen molar-refractivity contribution < 1.29 is 43.5 Å². The van der Waals surface area contributed by atoms with E-state index in [9.17, 15) is 24.6 Å². The first-order chi connectivity index (χ1) is 23.1. The van der Waals surface area contributed by atoms with Gasteiger partial charge in [-0.15, -0.1) is 0 Å². The minimum absolute atomic E-state index is 0.0502. The van der Waals surface area contributed by atoms with Crippen LogP contribution in [0.15, 0.2) is 103 Å². The summed E-state index contributed by atoms with van der Waals surface area (Å²) in [7, 11) is 0. The quantitative estimate of drug-likeness (QED) is 0.0702. The molecule has 9 nitrogen and oxygen atoms in total. The molecule has 0 fully saturated rings. The number of ether oxygens (including phenoxy) is 4. The van der Waals surface area contributed by atoms with Crippen molar-refractivity contribution in [3.63, 3.8) is 0 Å². The van der Waals surface area contributed by atoms with Crippen LogP contribution in [0.25, 0.3) is 0 Å². The van der Waals surface area contributed by atoms with E-state index >= 15 is 0 Å². The minimum Gasteiger partial charge on any atom is -0.508 e. The fraction of sp³-hybridized carbons (Fsp3) is 0.308. The molecule has 0 aliphatic carbocycles. The molecule has 2 N–H and O–H groups in total. The summed E-state index contributed by atoms with van der Waals surface area (Å²) >= 11 is 0. The van der Waals surface area contributed by atoms with E-state index in [4.69, 9.17) is 18.9 Å². The Bertz CT molecular complexity index is 1600. The van der Waals surface area contributed by atoms with E-state index < -0.39 is 17.4 Å². The van der Waals surface area contributed by atoms with E-state index in [0.717, 1.165) is 29.5 Å². The van der Waals surface area contributed by atoms with Crippen LogP contribution in [0.5, 0.6) is 11.5 Å². The van der Waals surface area contributed by atoms with Gasteiger partial charge in [0, 0.05) is 0 Å². The zero-order chi connectivity index (χ0) is 34.4. The number of phenols is 2. The number of hydrogen-bond donors (Lipinski definition) is 2. The molecule has 1 unspecified atom stereocenters. The van der Waals surface area contributed by atoms with Gasteiger partial charge >= 0.3 is 17.9 Å². The fourth-order valence-electron chi connectivity index (χ4n) is 5.16. The SMILES string of the molecule is CC(C)(CC(CCc1ccc(C(=O)OCCOCc2ccc(O)cc2)cc1)c1ccccc1)C(=O)OCCOC(=O)c1ccc(O)cc1. The molecule has 0 aliphatic heterocycles. The van der Waals surface area contributed by atoms with Gasteiger partial charge < -0.3 is 29.2 Å². The van der Waals surface area contributed by atoms with Crippen LogP contribution in [-0.2, 0) is 36.8 Å². The molecule has 252 valence electrons. The predicted molar refractivity (Wildman–Crippen MR) is 180 cm³/mol. The third-order valence-electron chi connectivity index (χ3n) is 7.87. The largest absolute Gasteiger partial charge is 0.508 e. The number of hydrogen-bond acceptors (Lipinski definition) is 9. The lowest BCUT2D eigenvalue weighted by atomic mass is 9.77. The molecule has 9 heteroatoms. The van der Waals surface area contributed by atoms with Crippen LogP contribution in [0, 0.1) is 5.41 Å². The van der Waals surface area contributed by atoms with E-state index in [1.54, 1.807) is 36.4 Å². The third kappa shape index (κ3) is 11.3. The Labute approximate surface area is 281 Å². The van der Waals surface area contributed by atoms with E-state index in [-0.39, 0.29) is 49.8 Å². The normalized spacial score (nSPS) is 11.8. The first-order valence-corrected chi connectivity index (χ1v) is 15.9. The monoisotopic (exact) mass is 654 g/mol. The highest BCUT2D eigenvalue weighted by molar-refractivity contribution is 5.90. The molecule has 0 spiro atoms. The second-order valence-corrected chi connectivity index (χ2v) is 12.1. The first kappa shape index (κ1) is 35.7. The second-order valence-electron chi connectivity index (χ2n) is 12.1. The number of aryl methyl sites for hydroxylation is 1. The number of esters is 3. The van der Waals surface area contributed by atoms with Gasteiger partial charge in [-0.2, -0.15) is 0 Å². The maximum Gasteiger partial charge on any atom is 0.338 e. The van der Waals surface area contributed by atoms with Gasteiger partial charge in [0.05, 0.1) is 29.8 Å². The maximum absolute atomic E-state index is 13.1. The summed E-state index contributed by atoms with van der Waals surface area (Å²) in [6, 6.07) is 29.8. The van der Waals surface area contributed by atoms with Crippen LogP contribution < -0.4 is 0 Å². The van der Waals surface area contributed by atoms with E-state index in [0.29, 0.717) is 24.2 Å². The van der Waals surface area contributed by atoms with Crippen LogP contribution in [0.1, 0.15) is 70.0 Å². The standard InChI is InChI=1S/C39H42O9/c1-39(2,38(44)48-25-24-47-37(43)32-16-20-35(41)21-17-32)26-33(30-6-4-3-5-7-30)15-10-28-8-13-31(14-9-28)36(42)46-23-22-45-27-29-11-18-34(40)19-12-29/h3-9,11-14,16-21,33,40-41H,10,15,22-27H2,1-2H3. The Hall–Kier alpha value is -5.15. The number of carbonyl (C=O) groups excluding carboxylic acids is 3. The van der Waals surface area contributed by atoms with E-state index in [1.807, 2.05) is 44.2 Å². The Morgan fingerprint density at radius 3 is 1.73 bits per heavy atom. The summed E-state index contributed by atoms with van der Waals surface area (Å²) < 4.78 is 21.6. The molecule has 0 saturated carbocycles. The maximum atomic E-state index is 13.1. The molecule has 4 aromatic carbocycles. The van der Waals surface area contributed by atoms with Crippen molar-refractivity contribution in [2.24, 2.45) is 5.41 Å². The Morgan fingerprint density at radius 2 is 1.12 bits per heavy atom. The molecular weight excluding hydrogens is 612 g/mol. The van der Waals surface area contributed by atoms with Crippen molar-refractivity contribution >= 4 is 17.9 Å². The zero-order valence-corrected chi connectivity index (χ0v) is 27.3. The van der Waals surface area contributed by atoms with E-state index in [2.05, 4.69) is 12.1 Å². The predicted octanol–water partition coefficient (Wildman–Crippen LogP) is 7.00. The summed E-state index contributed by atoms with van der Waals surface area (Å²) in [5.41, 5.74) is 3.03. The van der Waals surface area contributed by atoms with Gasteiger partial charge in [-0.3, -0.25) is 4.79 Å². The van der Waals surface area contributed by atoms with Crippen molar-refractivity contribution in [1.29, 1.82) is 0 Å². The van der Waals surface area contributed by atoms with Crippen molar-refractivity contribution in [2.75, 3.05) is 26.4 Å². The van der Waals surface area contributed by atoms with Crippen molar-refractivity contribution in [2.45, 2.75) is 45.6 Å². The molecule has 0 saturated heterocycles. The second kappa shape index (κ2) is 17.7. The molecule has 0 amide bonds. The highest BCUT2D eigenvalue weighted by Crippen LogP contribution is 2.36. The van der Waals surface area contributed by atoms with Gasteiger partial charge in [-0.1, -0.05) is 54.6 Å². The lowest BCUT2D eigenvalue weighted by Gasteiger charge is -2.28. The summed E-state index contributed by atoms with van der Waals surface area (Å²) in [6.07, 6.45) is 2.05. The Morgan fingerprint density at radius 1 is 0.625 bits per heavy atom. The lowest BCUT2D eigenvalue weighted by molar-refractivity contribution is -0.155. The minimum atomic E-state index is -0.803. The van der Waals surface area contributed by atoms with Gasteiger partial charge in [0.2, 0.25) is 0 Å². The average Bonchev–Trinajstić information content (AvgIpc) is 3.09. The number of rotatable bonds is 17. The van der Waals surface area contributed by atoms with E-state index in [1.165, 1.54) is 24.3 Å². The van der Waals surface area contributed by atoms with Crippen LogP contribution in [-0.4, -0.2) is 54.5 Å². The molecule has 0 bridgehead atoms. The summed E-state index contributed by atoms with van der Waals surface area (Å²) in [4.78, 5) is 37.8. The zero-order valence-electron chi connectivity index (χ0n) is 27.3. The van der Waals surface area contributed by atoms with Crippen LogP contribution in [0.2, 0.25) is 0 Å². The van der Waals surface area contributed by atoms with Crippen LogP contribution >= 0.6 is 0 Å². The molecule has 0 radical (unpaired) electrons. The molecular formula is C39H42O9. The Kier molecular flexibility index (Phi) is 13.1. The number of benzene rings is 4. The van der Waals surface area contributed by atoms with Gasteiger partial charge in [-0.25, -0.2) is 9.59 Å². The van der Waals surface area contributed by atoms with Crippen molar-refractivity contribution in [1.82, 2.24) is 0 Å². The molecule has 48 heavy (non-hydrogen) atoms. The first-order valence-electron chi connectivity index (χ1n) is 15.9. The topological polar surface area (TPSA) is 129 Å². The molecule has 4 aromatic rings. The summed E-state index contributed by atoms with van der Waals surface area (Å²) in [5, 5.41) is 18.7. The molecule has 1 atom stereocenters.